The summed E-state index contributed by atoms with van der Waals surface area (Å²) in [5.74, 6) is -0.320. The van der Waals surface area contributed by atoms with Gasteiger partial charge in [0.2, 0.25) is 5.91 Å². The van der Waals surface area contributed by atoms with Gasteiger partial charge in [0.15, 0.2) is 4.77 Å². The summed E-state index contributed by atoms with van der Waals surface area (Å²) in [6.45, 7) is 0.608. The number of aryl methyl sites for hydroxylation is 1. The Morgan fingerprint density at radius 2 is 2.33 bits per heavy atom. The molecule has 1 aromatic heterocycles. The molecule has 1 heterocycles. The van der Waals surface area contributed by atoms with E-state index in [0.29, 0.717) is 29.7 Å². The summed E-state index contributed by atoms with van der Waals surface area (Å²) < 4.78 is 2.47. The van der Waals surface area contributed by atoms with Crippen LogP contribution in [0.5, 0.6) is 0 Å². The number of carbonyl (C=O) groups excluding carboxylic acids is 1. The first-order valence-electron chi connectivity index (χ1n) is 5.53. The number of aromatic nitrogens is 2. The molecule has 0 aliphatic rings. The number of H-pyrrole nitrogens is 1. The minimum Gasteiger partial charge on any atom is -0.370 e. The summed E-state index contributed by atoms with van der Waals surface area (Å²) in [6.07, 6.45) is 0.958. The Hall–Kier alpha value is -2.13. The molecule has 0 bridgehead atoms. The fraction of sp³-hybridized carbons (Fsp3) is 0.250. The minimum absolute atomic E-state index is 0.320. The first kappa shape index (κ1) is 12.3. The molecule has 0 spiro atoms. The molecule has 0 atom stereocenters. The van der Waals surface area contributed by atoms with Crippen molar-refractivity contribution in [3.63, 3.8) is 0 Å². The number of amides is 1. The van der Waals surface area contributed by atoms with E-state index in [0.717, 1.165) is 11.0 Å². The van der Waals surface area contributed by atoms with Crippen LogP contribution in [0.15, 0.2) is 18.2 Å². The molecule has 5 nitrogen and oxygen atoms in total. The number of carbonyl (C=O) groups is 1. The van der Waals surface area contributed by atoms with E-state index in [9.17, 15) is 4.79 Å². The Labute approximate surface area is 109 Å². The molecule has 18 heavy (non-hydrogen) atoms. The van der Waals surface area contributed by atoms with Gasteiger partial charge in [-0.2, -0.15) is 5.26 Å². The van der Waals surface area contributed by atoms with Crippen LogP contribution in [0.1, 0.15) is 18.4 Å². The Morgan fingerprint density at radius 1 is 1.56 bits per heavy atom. The van der Waals surface area contributed by atoms with Gasteiger partial charge in [-0.25, -0.2) is 0 Å². The number of hydrogen-bond acceptors (Lipinski definition) is 3. The van der Waals surface area contributed by atoms with Crippen LogP contribution < -0.4 is 5.73 Å². The first-order chi connectivity index (χ1) is 8.61. The van der Waals surface area contributed by atoms with Crippen LogP contribution in [-0.4, -0.2) is 15.5 Å². The van der Waals surface area contributed by atoms with Gasteiger partial charge in [-0.1, -0.05) is 0 Å². The summed E-state index contributed by atoms with van der Waals surface area (Å²) in [5, 5.41) is 8.89. The van der Waals surface area contributed by atoms with E-state index >= 15 is 0 Å². The predicted octanol–water partition coefficient (Wildman–Crippen LogP) is 1.84. The predicted molar refractivity (Wildman–Crippen MR) is 70.3 cm³/mol. The van der Waals surface area contributed by atoms with Crippen molar-refractivity contribution < 1.29 is 4.79 Å². The van der Waals surface area contributed by atoms with Crippen LogP contribution >= 0.6 is 12.2 Å². The molecule has 0 aliphatic carbocycles. The molecule has 0 radical (unpaired) electrons. The number of hydrogen-bond donors (Lipinski definition) is 2. The highest BCUT2D eigenvalue weighted by molar-refractivity contribution is 7.71. The van der Waals surface area contributed by atoms with Crippen LogP contribution in [0.25, 0.3) is 11.0 Å². The van der Waals surface area contributed by atoms with Gasteiger partial charge < -0.3 is 15.3 Å². The highest BCUT2D eigenvalue weighted by atomic mass is 32.1. The van der Waals surface area contributed by atoms with E-state index in [1.165, 1.54) is 0 Å². The average Bonchev–Trinajstić information content (AvgIpc) is 2.64. The van der Waals surface area contributed by atoms with Crippen LogP contribution in [-0.2, 0) is 11.3 Å². The number of fused-ring (bicyclic) bond motifs is 1. The monoisotopic (exact) mass is 260 g/mol. The number of imidazole rings is 1. The zero-order valence-electron chi connectivity index (χ0n) is 9.64. The van der Waals surface area contributed by atoms with E-state index < -0.39 is 0 Å². The lowest BCUT2D eigenvalue weighted by atomic mass is 10.2. The van der Waals surface area contributed by atoms with Crippen molar-refractivity contribution in [1.29, 1.82) is 5.26 Å². The smallest absolute Gasteiger partial charge is 0.217 e. The van der Waals surface area contributed by atoms with Gasteiger partial charge in [0.05, 0.1) is 22.7 Å². The lowest BCUT2D eigenvalue weighted by Gasteiger charge is -2.03. The maximum Gasteiger partial charge on any atom is 0.217 e. The molecule has 6 heteroatoms. The lowest BCUT2D eigenvalue weighted by molar-refractivity contribution is -0.118. The Bertz CT molecular complexity index is 692. The quantitative estimate of drug-likeness (QED) is 0.822. The number of nitriles is 1. The first-order valence-corrected chi connectivity index (χ1v) is 5.93. The Kier molecular flexibility index (Phi) is 3.44. The molecular weight excluding hydrogens is 248 g/mol. The number of nitrogens with one attached hydrogen (secondary N) is 1. The average molecular weight is 260 g/mol. The van der Waals surface area contributed by atoms with Crippen molar-refractivity contribution >= 4 is 29.2 Å². The minimum atomic E-state index is -0.320. The summed E-state index contributed by atoms with van der Waals surface area (Å²) in [6, 6.07) is 7.44. The second kappa shape index (κ2) is 5.02. The van der Waals surface area contributed by atoms with Gasteiger partial charge in [-0.05, 0) is 36.8 Å². The van der Waals surface area contributed by atoms with Gasteiger partial charge in [0.1, 0.15) is 0 Å². The fourth-order valence-corrected chi connectivity index (χ4v) is 2.16. The van der Waals surface area contributed by atoms with Gasteiger partial charge in [-0.3, -0.25) is 4.79 Å². The summed E-state index contributed by atoms with van der Waals surface area (Å²) in [4.78, 5) is 13.8. The number of nitrogens with two attached hydrogens (primary N) is 1. The second-order valence-electron chi connectivity index (χ2n) is 4.00. The van der Waals surface area contributed by atoms with Crippen molar-refractivity contribution in [2.24, 2.45) is 5.73 Å². The molecule has 92 valence electrons. The van der Waals surface area contributed by atoms with Crippen molar-refractivity contribution in [2.75, 3.05) is 0 Å². The molecule has 0 fully saturated rings. The zero-order chi connectivity index (χ0) is 13.1. The normalized spacial score (nSPS) is 10.4. The van der Waals surface area contributed by atoms with Crippen LogP contribution in [0.3, 0.4) is 0 Å². The molecule has 0 aliphatic heterocycles. The molecule has 0 unspecified atom stereocenters. The number of benzene rings is 1. The standard InChI is InChI=1S/C12H12N4OS/c13-7-8-3-4-9-10(6-8)16(12(18)15-9)5-1-2-11(14)17/h3-4,6H,1-2,5H2,(H2,14,17)(H,15,18). The number of primary amides is 1. The molecule has 0 saturated heterocycles. The molecule has 2 rings (SSSR count). The molecule has 0 saturated carbocycles. The molecule has 2 aromatic rings. The summed E-state index contributed by atoms with van der Waals surface area (Å²) >= 11 is 5.22. The largest absolute Gasteiger partial charge is 0.370 e. The Balaban J connectivity index is 2.36. The maximum absolute atomic E-state index is 10.7. The van der Waals surface area contributed by atoms with Crippen LogP contribution in [0.2, 0.25) is 0 Å². The third kappa shape index (κ3) is 2.41. The highest BCUT2D eigenvalue weighted by Crippen LogP contribution is 2.16. The SMILES string of the molecule is N#Cc1ccc2[nH]c(=S)n(CCCC(N)=O)c2c1. The lowest BCUT2D eigenvalue weighted by Crippen LogP contribution is -2.11. The van der Waals surface area contributed by atoms with Crippen molar-refractivity contribution in [3.8, 4) is 6.07 Å². The molecular formula is C12H12N4OS. The highest BCUT2D eigenvalue weighted by Gasteiger charge is 2.05. The van der Waals surface area contributed by atoms with Gasteiger partial charge in [0.25, 0.3) is 0 Å². The fourth-order valence-electron chi connectivity index (χ4n) is 1.86. The third-order valence-corrected chi connectivity index (χ3v) is 3.03. The number of nitrogens with zero attached hydrogens (tertiary/aromatic N) is 2. The van der Waals surface area contributed by atoms with E-state index in [1.54, 1.807) is 12.1 Å². The van der Waals surface area contributed by atoms with E-state index in [1.807, 2.05) is 10.6 Å². The molecule has 1 aromatic carbocycles. The summed E-state index contributed by atoms with van der Waals surface area (Å²) in [5.41, 5.74) is 7.45. The van der Waals surface area contributed by atoms with Crippen molar-refractivity contribution in [2.45, 2.75) is 19.4 Å². The topological polar surface area (TPSA) is 87.6 Å². The Morgan fingerprint density at radius 3 is 3.00 bits per heavy atom. The van der Waals surface area contributed by atoms with Crippen molar-refractivity contribution in [3.05, 3.63) is 28.5 Å². The van der Waals surface area contributed by atoms with Gasteiger partial charge >= 0.3 is 0 Å². The summed E-state index contributed by atoms with van der Waals surface area (Å²) in [7, 11) is 0. The van der Waals surface area contributed by atoms with Gasteiger partial charge in [-0.15, -0.1) is 0 Å². The van der Waals surface area contributed by atoms with Crippen molar-refractivity contribution in [1.82, 2.24) is 9.55 Å². The third-order valence-electron chi connectivity index (χ3n) is 2.71. The molecule has 3 N–H and O–H groups in total. The van der Waals surface area contributed by atoms with Crippen LogP contribution in [0.4, 0.5) is 0 Å². The van der Waals surface area contributed by atoms with Crippen LogP contribution in [0, 0.1) is 16.1 Å². The molecule has 1 amide bonds. The van der Waals surface area contributed by atoms with Gasteiger partial charge in [0, 0.05) is 13.0 Å². The second-order valence-corrected chi connectivity index (χ2v) is 4.38. The van der Waals surface area contributed by atoms with E-state index in [2.05, 4.69) is 11.1 Å². The van der Waals surface area contributed by atoms with E-state index in [4.69, 9.17) is 23.2 Å². The number of rotatable bonds is 4. The number of aromatic amines is 1. The van der Waals surface area contributed by atoms with E-state index in [-0.39, 0.29) is 5.91 Å². The zero-order valence-corrected chi connectivity index (χ0v) is 10.5. The maximum atomic E-state index is 10.7.